The van der Waals surface area contributed by atoms with Crippen molar-refractivity contribution in [3.05, 3.63) is 23.7 Å². The fraction of sp³-hybridized carbons (Fsp3) is 0.762. The maximum Gasteiger partial charge on any atom is 0.143 e. The zero-order chi connectivity index (χ0) is 20.5. The van der Waals surface area contributed by atoms with E-state index >= 15 is 0 Å². The highest BCUT2D eigenvalue weighted by Crippen LogP contribution is 2.16. The third-order valence-corrected chi connectivity index (χ3v) is 4.73. The van der Waals surface area contributed by atoms with Crippen LogP contribution in [0.4, 0.5) is 0 Å². The van der Waals surface area contributed by atoms with E-state index in [1.807, 2.05) is 0 Å². The number of carboxylic acids is 1. The Kier molecular flexibility index (Phi) is 14.6. The van der Waals surface area contributed by atoms with Crippen LogP contribution in [0.5, 0.6) is 0 Å². The minimum Gasteiger partial charge on any atom is -0.550 e. The molecule has 0 heterocycles. The van der Waals surface area contributed by atoms with E-state index in [9.17, 15) is 25.2 Å². The van der Waals surface area contributed by atoms with Crippen LogP contribution in [0.3, 0.4) is 0 Å². The molecule has 0 aromatic heterocycles. The Labute approximate surface area is 164 Å². The molecule has 0 fully saturated rings. The van der Waals surface area contributed by atoms with Gasteiger partial charge in [-0.05, 0) is 37.8 Å². The molecule has 0 atom stereocenters. The van der Waals surface area contributed by atoms with Crippen LogP contribution >= 0.6 is 0 Å². The molecule has 0 bridgehead atoms. The third kappa shape index (κ3) is 13.3. The highest BCUT2D eigenvalue weighted by atomic mass is 16.4. The molecule has 27 heavy (non-hydrogen) atoms. The summed E-state index contributed by atoms with van der Waals surface area (Å²) in [5.74, 6) is -0.818. The first-order valence-corrected chi connectivity index (χ1v) is 10.3. The second-order valence-electron chi connectivity index (χ2n) is 7.33. The Bertz CT molecular complexity index is 431. The summed E-state index contributed by atoms with van der Waals surface area (Å²) >= 11 is 0. The maximum absolute atomic E-state index is 11.0. The van der Waals surface area contributed by atoms with Crippen molar-refractivity contribution in [3.8, 4) is 0 Å². The predicted molar refractivity (Wildman–Crippen MR) is 106 cm³/mol. The second kappa shape index (κ2) is 15.5. The Balaban J connectivity index is 5.16. The fourth-order valence-corrected chi connectivity index (χ4v) is 3.17. The van der Waals surface area contributed by atoms with E-state index in [1.165, 1.54) is 0 Å². The van der Waals surface area contributed by atoms with Crippen molar-refractivity contribution >= 4 is 5.97 Å². The molecule has 6 nitrogen and oxygen atoms in total. The molecule has 0 aliphatic rings. The Morgan fingerprint density at radius 2 is 1.37 bits per heavy atom. The van der Waals surface area contributed by atoms with Gasteiger partial charge in [0.05, 0.1) is 13.2 Å². The number of carbonyl (C=O) groups excluding carboxylic acids is 1. The first kappa shape index (κ1) is 25.5. The lowest BCUT2D eigenvalue weighted by molar-refractivity contribution is -0.921. The molecular weight excluding hydrogens is 346 g/mol. The lowest BCUT2D eigenvalue weighted by Gasteiger charge is -2.38. The highest BCUT2D eigenvalue weighted by Gasteiger charge is 2.29. The molecule has 0 radical (unpaired) electrons. The van der Waals surface area contributed by atoms with Gasteiger partial charge in [0, 0.05) is 12.4 Å². The topological polar surface area (TPSA) is 101 Å². The van der Waals surface area contributed by atoms with Crippen molar-refractivity contribution in [1.29, 1.82) is 0 Å². The third-order valence-electron chi connectivity index (χ3n) is 4.73. The van der Waals surface area contributed by atoms with Gasteiger partial charge in [-0.3, -0.25) is 0 Å². The van der Waals surface area contributed by atoms with Crippen molar-refractivity contribution in [3.63, 3.8) is 0 Å². The normalized spacial score (nSPS) is 14.9. The van der Waals surface area contributed by atoms with Gasteiger partial charge in [0.1, 0.15) is 31.2 Å². The highest BCUT2D eigenvalue weighted by molar-refractivity contribution is 5.64. The second-order valence-corrected chi connectivity index (χ2v) is 7.33. The number of unbranched alkanes of at least 4 members (excludes halogenated alkanes) is 6. The number of aliphatic hydroxyl groups is 3. The number of quaternary nitrogens is 1. The van der Waals surface area contributed by atoms with E-state index in [2.05, 4.69) is 13.8 Å². The van der Waals surface area contributed by atoms with Crippen molar-refractivity contribution in [1.82, 2.24) is 0 Å². The van der Waals surface area contributed by atoms with Gasteiger partial charge in [0.25, 0.3) is 0 Å². The molecule has 158 valence electrons. The summed E-state index contributed by atoms with van der Waals surface area (Å²) in [6.07, 6.45) is 11.2. The van der Waals surface area contributed by atoms with Gasteiger partial charge in [-0.15, -0.1) is 0 Å². The molecule has 0 spiro atoms. The number of allylic oxidation sites excluding steroid dienone is 2. The van der Waals surface area contributed by atoms with Gasteiger partial charge in [-0.25, -0.2) is 0 Å². The molecule has 0 saturated carbocycles. The van der Waals surface area contributed by atoms with Crippen LogP contribution in [0.2, 0.25) is 0 Å². The lowest BCUT2D eigenvalue weighted by Crippen LogP contribution is -2.54. The zero-order valence-electron chi connectivity index (χ0n) is 17.2. The first-order chi connectivity index (χ1) is 12.9. The standard InChI is InChI=1S/C21H39NO5/c1-3-5-7-9-11-19(24)17-22(15-16-23,14-13-21(26)27)18-20(25)12-10-8-6-4-2/h11-12,23H,3-10,13-18H2,1-2H3,(H2-,24,25,26,27)/b19-11-,20-12-. The number of hydrogen-bond acceptors (Lipinski definition) is 5. The number of aliphatic carboxylic acids is 1. The van der Waals surface area contributed by atoms with Crippen LogP contribution in [0.1, 0.15) is 71.6 Å². The van der Waals surface area contributed by atoms with Crippen molar-refractivity contribution in [2.24, 2.45) is 0 Å². The van der Waals surface area contributed by atoms with Crippen LogP contribution in [0.25, 0.3) is 0 Å². The minimum atomic E-state index is -1.17. The summed E-state index contributed by atoms with van der Waals surface area (Å²) in [6, 6.07) is 0. The van der Waals surface area contributed by atoms with Crippen LogP contribution in [-0.4, -0.2) is 58.6 Å². The molecule has 0 aromatic rings. The van der Waals surface area contributed by atoms with E-state index < -0.39 is 5.97 Å². The van der Waals surface area contributed by atoms with Crippen LogP contribution in [0.15, 0.2) is 23.7 Å². The number of hydrogen-bond donors (Lipinski definition) is 3. The average Bonchev–Trinajstić information content (AvgIpc) is 2.61. The van der Waals surface area contributed by atoms with Gasteiger partial charge in [0.2, 0.25) is 0 Å². The Morgan fingerprint density at radius 3 is 1.74 bits per heavy atom. The van der Waals surface area contributed by atoms with Gasteiger partial charge >= 0.3 is 0 Å². The quantitative estimate of drug-likeness (QED) is 0.203. The number of nitrogens with zero attached hydrogens (tertiary/aromatic N) is 1. The average molecular weight is 386 g/mol. The molecule has 0 amide bonds. The van der Waals surface area contributed by atoms with Crippen LogP contribution in [0, 0.1) is 0 Å². The number of carboxylic acid groups (broad SMARTS) is 1. The number of carbonyl (C=O) groups is 1. The minimum absolute atomic E-state index is 0.0940. The molecule has 0 saturated heterocycles. The summed E-state index contributed by atoms with van der Waals surface area (Å²) in [5.41, 5.74) is 0. The van der Waals surface area contributed by atoms with E-state index in [4.69, 9.17) is 0 Å². The molecule has 0 rings (SSSR count). The van der Waals surface area contributed by atoms with Gasteiger partial charge < -0.3 is 29.7 Å². The summed E-state index contributed by atoms with van der Waals surface area (Å²) < 4.78 is 0.0940. The summed E-state index contributed by atoms with van der Waals surface area (Å²) in [7, 11) is 0. The molecular formula is C21H39NO5. The van der Waals surface area contributed by atoms with E-state index in [1.54, 1.807) is 12.2 Å². The van der Waals surface area contributed by atoms with Gasteiger partial charge in [0.15, 0.2) is 0 Å². The summed E-state index contributed by atoms with van der Waals surface area (Å²) in [5, 5.41) is 41.1. The first-order valence-electron chi connectivity index (χ1n) is 10.3. The van der Waals surface area contributed by atoms with E-state index in [0.29, 0.717) is 0 Å². The van der Waals surface area contributed by atoms with Gasteiger partial charge in [-0.1, -0.05) is 39.5 Å². The molecule has 3 N–H and O–H groups in total. The Hall–Kier alpha value is -1.53. The monoisotopic (exact) mass is 385 g/mol. The van der Waals surface area contributed by atoms with Gasteiger partial charge in [-0.2, -0.15) is 0 Å². The van der Waals surface area contributed by atoms with Crippen LogP contribution < -0.4 is 5.11 Å². The molecule has 0 aliphatic carbocycles. The molecule has 0 unspecified atom stereocenters. The van der Waals surface area contributed by atoms with Crippen molar-refractivity contribution < 1.29 is 29.7 Å². The molecule has 0 aromatic carbocycles. The van der Waals surface area contributed by atoms with Crippen molar-refractivity contribution in [2.75, 3.05) is 32.8 Å². The van der Waals surface area contributed by atoms with Crippen molar-refractivity contribution in [2.45, 2.75) is 71.6 Å². The van der Waals surface area contributed by atoms with Crippen LogP contribution in [-0.2, 0) is 4.79 Å². The number of rotatable bonds is 17. The zero-order valence-corrected chi connectivity index (χ0v) is 17.2. The molecule has 0 aliphatic heterocycles. The lowest BCUT2D eigenvalue weighted by atomic mass is 10.1. The summed E-state index contributed by atoms with van der Waals surface area (Å²) in [4.78, 5) is 11.0. The van der Waals surface area contributed by atoms with E-state index in [-0.39, 0.29) is 55.2 Å². The summed E-state index contributed by atoms with van der Waals surface area (Å²) in [6.45, 7) is 4.89. The number of aliphatic hydroxyl groups excluding tert-OH is 3. The maximum atomic E-state index is 11.0. The van der Waals surface area contributed by atoms with E-state index in [0.717, 1.165) is 51.4 Å². The molecule has 6 heteroatoms. The largest absolute Gasteiger partial charge is 0.550 e. The fourth-order valence-electron chi connectivity index (χ4n) is 3.17. The Morgan fingerprint density at radius 1 is 0.889 bits per heavy atom. The smallest absolute Gasteiger partial charge is 0.143 e. The predicted octanol–water partition coefficient (Wildman–Crippen LogP) is 2.98. The SMILES string of the molecule is CCCCC/C=C(\O)C[N+](CCO)(CCC(=O)[O-])C/C(O)=C/CCCCC.